The number of nitrogens with one attached hydrogen (secondary N) is 1. The van der Waals surface area contributed by atoms with Crippen LogP contribution < -0.4 is 16.0 Å². The maximum atomic E-state index is 14.1. The van der Waals surface area contributed by atoms with Gasteiger partial charge in [-0.2, -0.15) is 13.2 Å². The molecule has 1 atom stereocenters. The van der Waals surface area contributed by atoms with E-state index in [9.17, 15) is 22.8 Å². The van der Waals surface area contributed by atoms with Gasteiger partial charge in [0.1, 0.15) is 0 Å². The molecule has 0 aromatic heterocycles. The third kappa shape index (κ3) is 6.36. The number of hydrogen-bond donors (Lipinski definition) is 2. The van der Waals surface area contributed by atoms with Gasteiger partial charge in [0.15, 0.2) is 0 Å². The van der Waals surface area contributed by atoms with Gasteiger partial charge in [0.05, 0.1) is 29.5 Å². The van der Waals surface area contributed by atoms with Crippen molar-refractivity contribution >= 4 is 23.4 Å². The van der Waals surface area contributed by atoms with E-state index >= 15 is 0 Å². The Labute approximate surface area is 226 Å². The number of nitrogens with zero attached hydrogens (tertiary/aromatic N) is 3. The highest BCUT2D eigenvalue weighted by Gasteiger charge is 2.43. The molecule has 39 heavy (non-hydrogen) atoms. The van der Waals surface area contributed by atoms with E-state index in [-0.39, 0.29) is 30.1 Å². The Hall–Kier alpha value is -3.57. The number of anilines is 2. The number of carbonyl (C=O) groups is 2. The maximum absolute atomic E-state index is 14.1. The van der Waals surface area contributed by atoms with Gasteiger partial charge in [0, 0.05) is 44.1 Å². The van der Waals surface area contributed by atoms with Crippen molar-refractivity contribution in [2.45, 2.75) is 32.5 Å². The molecular weight excluding hydrogens is 511 g/mol. The summed E-state index contributed by atoms with van der Waals surface area (Å²) < 4.78 is 46.0. The fraction of sp³-hybridized carbons (Fsp3) is 0.429. The van der Waals surface area contributed by atoms with Crippen molar-refractivity contribution in [2.24, 2.45) is 0 Å². The largest absolute Gasteiger partial charge is 0.463 e. The monoisotopic (exact) mass is 545 g/mol. The van der Waals surface area contributed by atoms with Crippen LogP contribution in [-0.2, 0) is 15.7 Å². The van der Waals surface area contributed by atoms with E-state index in [1.165, 1.54) is 17.0 Å². The van der Waals surface area contributed by atoms with Gasteiger partial charge in [-0.1, -0.05) is 18.2 Å². The summed E-state index contributed by atoms with van der Waals surface area (Å²) in [6.45, 7) is 7.90. The molecule has 2 aromatic carbocycles. The van der Waals surface area contributed by atoms with Crippen molar-refractivity contribution in [3.8, 4) is 0 Å². The molecule has 0 spiro atoms. The number of benzene rings is 2. The highest BCUT2D eigenvalue weighted by molar-refractivity contribution is 6.03. The number of amides is 2. The molecule has 2 aliphatic heterocycles. The number of hydrogen-bond acceptors (Lipinski definition) is 6. The predicted molar refractivity (Wildman–Crippen MR) is 143 cm³/mol. The minimum Gasteiger partial charge on any atom is -0.463 e. The topological polar surface area (TPSA) is 91.1 Å². The molecule has 2 heterocycles. The van der Waals surface area contributed by atoms with Crippen molar-refractivity contribution in [1.29, 1.82) is 0 Å². The average Bonchev–Trinajstić information content (AvgIpc) is 2.90. The molecule has 8 nitrogen and oxygen atoms in total. The van der Waals surface area contributed by atoms with Crippen LogP contribution in [0, 0.1) is 0 Å². The third-order valence-corrected chi connectivity index (χ3v) is 7.01. The quantitative estimate of drug-likeness (QED) is 0.378. The van der Waals surface area contributed by atoms with E-state index in [2.05, 4.69) is 10.2 Å². The molecule has 0 saturated carbocycles. The molecule has 2 aliphatic rings. The molecule has 1 saturated heterocycles. The van der Waals surface area contributed by atoms with Crippen molar-refractivity contribution in [2.75, 3.05) is 56.5 Å². The second-order valence-electron chi connectivity index (χ2n) is 9.59. The minimum atomic E-state index is -4.59. The van der Waals surface area contributed by atoms with Gasteiger partial charge in [0.25, 0.3) is 0 Å². The summed E-state index contributed by atoms with van der Waals surface area (Å²) in [5, 5.41) is 3.31. The highest BCUT2D eigenvalue weighted by Crippen LogP contribution is 2.41. The number of allylic oxidation sites excluding steroid dienone is 1. The minimum absolute atomic E-state index is 0.0250. The predicted octanol–water partition coefficient (Wildman–Crippen LogP) is 4.40. The van der Waals surface area contributed by atoms with Crippen LogP contribution in [-0.4, -0.2) is 67.7 Å². The van der Waals surface area contributed by atoms with Crippen LogP contribution in [0.4, 0.5) is 29.3 Å². The molecule has 210 valence electrons. The van der Waals surface area contributed by atoms with Gasteiger partial charge >= 0.3 is 18.2 Å². The lowest BCUT2D eigenvalue weighted by Crippen LogP contribution is -2.52. The Balaban J connectivity index is 1.79. The van der Waals surface area contributed by atoms with Gasteiger partial charge < -0.3 is 25.6 Å². The second-order valence-corrected chi connectivity index (χ2v) is 9.59. The van der Waals surface area contributed by atoms with Gasteiger partial charge in [-0.15, -0.1) is 0 Å². The Morgan fingerprint density at radius 3 is 2.44 bits per heavy atom. The molecular formula is C28H34F3N5O3. The highest BCUT2D eigenvalue weighted by atomic mass is 19.4. The van der Waals surface area contributed by atoms with Crippen molar-refractivity contribution < 1.29 is 27.5 Å². The molecule has 0 aliphatic carbocycles. The molecule has 3 N–H and O–H groups in total. The molecule has 4 rings (SSSR count). The zero-order valence-corrected chi connectivity index (χ0v) is 22.1. The number of halogens is 3. The van der Waals surface area contributed by atoms with Crippen LogP contribution in [0.5, 0.6) is 0 Å². The van der Waals surface area contributed by atoms with Gasteiger partial charge in [-0.3, -0.25) is 4.90 Å². The van der Waals surface area contributed by atoms with Crippen LogP contribution in [0.25, 0.3) is 0 Å². The fourth-order valence-electron chi connectivity index (χ4n) is 5.10. The SMILES string of the molecule is CCOC(=O)C1=C(C)N(c2cccc(C(F)(F)F)c2)C(=O)N(CCCN2CCNCC2)[C@@H]1c1ccc(N)cc1. The standard InChI is InChI=1S/C28H34F3N5O3/c1-3-39-26(37)24-19(2)36(23-7-4-6-21(18-23)28(29,30)31)27(38)35(15-5-14-34-16-12-33-13-17-34)25(24)20-8-10-22(32)11-9-20/h4,6-11,18,25,33H,3,5,12-17,32H2,1-2H3/t25-/m1/s1. The summed E-state index contributed by atoms with van der Waals surface area (Å²) in [5.74, 6) is -0.631. The smallest absolute Gasteiger partial charge is 0.416 e. The first kappa shape index (κ1) is 28.4. The summed E-state index contributed by atoms with van der Waals surface area (Å²) in [6, 6.07) is 10.1. The number of ether oxygens (including phenoxy) is 1. The van der Waals surface area contributed by atoms with E-state index in [4.69, 9.17) is 10.5 Å². The van der Waals surface area contributed by atoms with Crippen LogP contribution in [0.15, 0.2) is 59.8 Å². The first-order valence-electron chi connectivity index (χ1n) is 13.1. The number of rotatable bonds is 8. The number of nitrogens with two attached hydrogens (primary N) is 1. The van der Waals surface area contributed by atoms with Gasteiger partial charge in [0.2, 0.25) is 0 Å². The lowest BCUT2D eigenvalue weighted by molar-refractivity contribution is -0.139. The number of carbonyl (C=O) groups excluding carboxylic acids is 2. The number of nitrogen functional groups attached to an aromatic ring is 1. The van der Waals surface area contributed by atoms with Crippen LogP contribution in [0.1, 0.15) is 37.4 Å². The first-order chi connectivity index (χ1) is 18.6. The fourth-order valence-corrected chi connectivity index (χ4v) is 5.10. The number of alkyl halides is 3. The number of urea groups is 1. The lowest BCUT2D eigenvalue weighted by Gasteiger charge is -2.43. The van der Waals surface area contributed by atoms with Crippen molar-refractivity contribution in [1.82, 2.24) is 15.1 Å². The second kappa shape index (κ2) is 12.1. The number of esters is 1. The zero-order chi connectivity index (χ0) is 28.2. The van der Waals surface area contributed by atoms with Gasteiger partial charge in [-0.25, -0.2) is 9.59 Å². The van der Waals surface area contributed by atoms with Crippen molar-refractivity contribution in [3.63, 3.8) is 0 Å². The van der Waals surface area contributed by atoms with E-state index in [1.807, 2.05) is 0 Å². The van der Waals surface area contributed by atoms with Crippen LogP contribution >= 0.6 is 0 Å². The summed E-state index contributed by atoms with van der Waals surface area (Å²) in [4.78, 5) is 32.5. The molecule has 0 radical (unpaired) electrons. The first-order valence-corrected chi connectivity index (χ1v) is 13.1. The van der Waals surface area contributed by atoms with Crippen LogP contribution in [0.3, 0.4) is 0 Å². The summed E-state index contributed by atoms with van der Waals surface area (Å²) in [7, 11) is 0. The normalized spacial score (nSPS) is 19.0. The molecule has 11 heteroatoms. The third-order valence-electron chi connectivity index (χ3n) is 7.01. The van der Waals surface area contributed by atoms with Crippen molar-refractivity contribution in [3.05, 3.63) is 70.9 Å². The average molecular weight is 546 g/mol. The molecule has 0 unspecified atom stereocenters. The molecule has 2 aromatic rings. The van der Waals surface area contributed by atoms with E-state index in [0.29, 0.717) is 17.7 Å². The Kier molecular flexibility index (Phi) is 8.81. The Morgan fingerprint density at radius 2 is 1.79 bits per heavy atom. The Bertz CT molecular complexity index is 1210. The van der Waals surface area contributed by atoms with Crippen LogP contribution in [0.2, 0.25) is 0 Å². The van der Waals surface area contributed by atoms with E-state index < -0.39 is 29.8 Å². The Morgan fingerprint density at radius 1 is 1.10 bits per heavy atom. The van der Waals surface area contributed by atoms with E-state index in [1.54, 1.807) is 43.0 Å². The maximum Gasteiger partial charge on any atom is 0.416 e. The van der Waals surface area contributed by atoms with E-state index in [0.717, 1.165) is 44.9 Å². The molecule has 0 bridgehead atoms. The number of piperazine rings is 1. The molecule has 1 fully saturated rings. The summed E-state index contributed by atoms with van der Waals surface area (Å²) >= 11 is 0. The lowest BCUT2D eigenvalue weighted by atomic mass is 9.92. The molecule has 2 amide bonds. The van der Waals surface area contributed by atoms with Gasteiger partial charge in [-0.05, 0) is 62.7 Å². The zero-order valence-electron chi connectivity index (χ0n) is 22.1. The summed E-state index contributed by atoms with van der Waals surface area (Å²) in [5.41, 5.74) is 6.64. The summed E-state index contributed by atoms with van der Waals surface area (Å²) in [6.07, 6.45) is -3.98.